The molecule has 2 unspecified atom stereocenters. The van der Waals surface area contributed by atoms with Crippen LogP contribution in [0.15, 0.2) is 29.1 Å². The van der Waals surface area contributed by atoms with Crippen LogP contribution in [0.5, 0.6) is 0 Å². The molecule has 6 nitrogen and oxygen atoms in total. The van der Waals surface area contributed by atoms with Gasteiger partial charge in [0.15, 0.2) is 0 Å². The number of benzene rings is 1. The quantitative estimate of drug-likeness (QED) is 0.882. The van der Waals surface area contributed by atoms with Crippen molar-refractivity contribution < 1.29 is 4.79 Å². The molecule has 1 aliphatic heterocycles. The molecular formula is C17H24N4O2. The minimum absolute atomic E-state index is 0.0650. The van der Waals surface area contributed by atoms with Crippen molar-refractivity contribution in [2.45, 2.75) is 39.4 Å². The van der Waals surface area contributed by atoms with Crippen LogP contribution < -0.4 is 16.3 Å². The molecule has 23 heavy (non-hydrogen) atoms. The smallest absolute Gasteiger partial charge is 0.329 e. The fourth-order valence-electron chi connectivity index (χ4n) is 3.31. The van der Waals surface area contributed by atoms with Crippen molar-refractivity contribution in [2.24, 2.45) is 5.92 Å². The molecule has 2 N–H and O–H groups in total. The average Bonchev–Trinajstić information content (AvgIpc) is 2.81. The van der Waals surface area contributed by atoms with Crippen LogP contribution >= 0.6 is 0 Å². The third-order valence-electron chi connectivity index (χ3n) is 4.72. The third kappa shape index (κ3) is 3.03. The highest BCUT2D eigenvalue weighted by molar-refractivity contribution is 5.81. The number of aromatic nitrogens is 2. The van der Waals surface area contributed by atoms with E-state index in [1.54, 1.807) is 9.13 Å². The number of amides is 1. The number of carbonyl (C=O) groups is 1. The first kappa shape index (κ1) is 15.8. The summed E-state index contributed by atoms with van der Waals surface area (Å²) in [4.78, 5) is 25.0. The number of imidazole rings is 1. The number of aryl methyl sites for hydroxylation is 1. The van der Waals surface area contributed by atoms with E-state index in [4.69, 9.17) is 0 Å². The molecule has 0 bridgehead atoms. The van der Waals surface area contributed by atoms with Crippen molar-refractivity contribution in [3.8, 4) is 0 Å². The van der Waals surface area contributed by atoms with Gasteiger partial charge in [0.05, 0.1) is 11.0 Å². The van der Waals surface area contributed by atoms with Crippen LogP contribution in [0.3, 0.4) is 0 Å². The summed E-state index contributed by atoms with van der Waals surface area (Å²) in [5, 5.41) is 6.37. The van der Waals surface area contributed by atoms with Crippen molar-refractivity contribution in [3.63, 3.8) is 0 Å². The largest absolute Gasteiger partial charge is 0.350 e. The number of nitrogens with zero attached hydrogens (tertiary/aromatic N) is 2. The molecule has 0 saturated carbocycles. The maximum absolute atomic E-state index is 12.5. The lowest BCUT2D eigenvalue weighted by Gasteiger charge is -2.30. The predicted molar refractivity (Wildman–Crippen MR) is 90.5 cm³/mol. The number of fused-ring (bicyclic) bond motifs is 1. The molecule has 0 spiro atoms. The number of hydrogen-bond acceptors (Lipinski definition) is 3. The van der Waals surface area contributed by atoms with Crippen LogP contribution in [0.1, 0.15) is 20.3 Å². The molecule has 1 fully saturated rings. The van der Waals surface area contributed by atoms with E-state index < -0.39 is 0 Å². The van der Waals surface area contributed by atoms with E-state index in [0.717, 1.165) is 30.5 Å². The minimum Gasteiger partial charge on any atom is -0.350 e. The van der Waals surface area contributed by atoms with Gasteiger partial charge in [0.2, 0.25) is 5.91 Å². The summed E-state index contributed by atoms with van der Waals surface area (Å²) in [5.41, 5.74) is 1.56. The first-order chi connectivity index (χ1) is 11.1. The topological polar surface area (TPSA) is 68.1 Å². The predicted octanol–water partition coefficient (Wildman–Crippen LogP) is 0.937. The van der Waals surface area contributed by atoms with Crippen LogP contribution in [0.2, 0.25) is 0 Å². The highest BCUT2D eigenvalue weighted by Gasteiger charge is 2.23. The molecule has 124 valence electrons. The fourth-order valence-corrected chi connectivity index (χ4v) is 3.31. The number of para-hydroxylation sites is 2. The number of carbonyl (C=O) groups excluding carboxylic acids is 1. The Morgan fingerprint density at radius 1 is 1.30 bits per heavy atom. The third-order valence-corrected chi connectivity index (χ3v) is 4.72. The molecular weight excluding hydrogens is 292 g/mol. The van der Waals surface area contributed by atoms with E-state index in [1.165, 1.54) is 0 Å². The molecule has 0 radical (unpaired) electrons. The number of rotatable bonds is 4. The van der Waals surface area contributed by atoms with Crippen molar-refractivity contribution in [1.82, 2.24) is 19.8 Å². The Bertz CT molecular complexity index is 762. The normalized spacial score (nSPS) is 21.5. The molecule has 6 heteroatoms. The Labute approximate surface area is 135 Å². The molecule has 1 saturated heterocycles. The van der Waals surface area contributed by atoms with E-state index in [1.807, 2.05) is 31.2 Å². The second-order valence-electron chi connectivity index (χ2n) is 6.25. The Morgan fingerprint density at radius 2 is 2.00 bits per heavy atom. The van der Waals surface area contributed by atoms with E-state index in [9.17, 15) is 9.59 Å². The van der Waals surface area contributed by atoms with Crippen LogP contribution in [0.4, 0.5) is 0 Å². The highest BCUT2D eigenvalue weighted by atomic mass is 16.2. The van der Waals surface area contributed by atoms with Gasteiger partial charge in [0, 0.05) is 19.1 Å². The van der Waals surface area contributed by atoms with Gasteiger partial charge < -0.3 is 10.6 Å². The Kier molecular flexibility index (Phi) is 4.52. The summed E-state index contributed by atoms with van der Waals surface area (Å²) in [7, 11) is 0. The molecule has 1 aromatic carbocycles. The van der Waals surface area contributed by atoms with Gasteiger partial charge in [0.25, 0.3) is 0 Å². The number of piperidine rings is 1. The van der Waals surface area contributed by atoms with E-state index in [-0.39, 0.29) is 24.2 Å². The maximum Gasteiger partial charge on any atom is 0.329 e. The molecule has 1 amide bonds. The molecule has 2 aromatic rings. The molecule has 2 atom stereocenters. The standard InChI is InChI=1S/C17H24N4O2/c1-3-20-14-6-4-5-7-15(14)21(17(20)23)11-16(22)19-13-10-18-9-8-12(13)2/h4-7,12-13,18H,3,8-11H2,1-2H3,(H,19,22). The van der Waals surface area contributed by atoms with Crippen LogP contribution in [0.25, 0.3) is 11.0 Å². The maximum atomic E-state index is 12.5. The second kappa shape index (κ2) is 6.58. The summed E-state index contributed by atoms with van der Waals surface area (Å²) in [6, 6.07) is 7.74. The average molecular weight is 316 g/mol. The van der Waals surface area contributed by atoms with Crippen molar-refractivity contribution in [1.29, 1.82) is 0 Å². The van der Waals surface area contributed by atoms with Gasteiger partial charge >= 0.3 is 5.69 Å². The molecule has 3 rings (SSSR count). The Hall–Kier alpha value is -2.08. The van der Waals surface area contributed by atoms with Gasteiger partial charge in [-0.25, -0.2) is 4.79 Å². The molecule has 0 aliphatic carbocycles. The SMILES string of the molecule is CCn1c(=O)n(CC(=O)NC2CNCCC2C)c2ccccc21. The van der Waals surface area contributed by atoms with Crippen LogP contribution in [0, 0.1) is 5.92 Å². The lowest BCUT2D eigenvalue weighted by Crippen LogP contribution is -2.51. The molecule has 2 heterocycles. The van der Waals surface area contributed by atoms with Crippen molar-refractivity contribution in [3.05, 3.63) is 34.7 Å². The Morgan fingerprint density at radius 3 is 2.65 bits per heavy atom. The van der Waals surface area contributed by atoms with Crippen LogP contribution in [-0.2, 0) is 17.9 Å². The van der Waals surface area contributed by atoms with Gasteiger partial charge in [0.1, 0.15) is 6.54 Å². The zero-order chi connectivity index (χ0) is 16.4. The first-order valence-electron chi connectivity index (χ1n) is 8.30. The first-order valence-corrected chi connectivity index (χ1v) is 8.30. The van der Waals surface area contributed by atoms with Gasteiger partial charge in [-0.15, -0.1) is 0 Å². The number of hydrogen-bond donors (Lipinski definition) is 2. The zero-order valence-electron chi connectivity index (χ0n) is 13.7. The minimum atomic E-state index is -0.126. The van der Waals surface area contributed by atoms with Crippen molar-refractivity contribution >= 4 is 16.9 Å². The monoisotopic (exact) mass is 316 g/mol. The summed E-state index contributed by atoms with van der Waals surface area (Å²) >= 11 is 0. The lowest BCUT2D eigenvalue weighted by atomic mass is 9.95. The van der Waals surface area contributed by atoms with Crippen molar-refractivity contribution in [2.75, 3.05) is 13.1 Å². The Balaban J connectivity index is 1.82. The zero-order valence-corrected chi connectivity index (χ0v) is 13.7. The second-order valence-corrected chi connectivity index (χ2v) is 6.25. The molecule has 1 aliphatic rings. The summed E-state index contributed by atoms with van der Waals surface area (Å²) < 4.78 is 3.27. The van der Waals surface area contributed by atoms with Gasteiger partial charge in [-0.3, -0.25) is 13.9 Å². The van der Waals surface area contributed by atoms with E-state index >= 15 is 0 Å². The van der Waals surface area contributed by atoms with E-state index in [2.05, 4.69) is 17.6 Å². The number of nitrogens with one attached hydrogen (secondary N) is 2. The van der Waals surface area contributed by atoms with Crippen LogP contribution in [-0.4, -0.2) is 34.2 Å². The summed E-state index contributed by atoms with van der Waals surface area (Å²) in [5.74, 6) is 0.348. The van der Waals surface area contributed by atoms with Gasteiger partial charge in [-0.2, -0.15) is 0 Å². The van der Waals surface area contributed by atoms with Gasteiger partial charge in [-0.1, -0.05) is 19.1 Å². The fraction of sp³-hybridized carbons (Fsp3) is 0.529. The van der Waals surface area contributed by atoms with Gasteiger partial charge in [-0.05, 0) is 37.9 Å². The lowest BCUT2D eigenvalue weighted by molar-refractivity contribution is -0.122. The summed E-state index contributed by atoms with van der Waals surface area (Å²) in [6.45, 7) is 6.54. The molecule has 1 aromatic heterocycles. The summed E-state index contributed by atoms with van der Waals surface area (Å²) in [6.07, 6.45) is 1.06. The van der Waals surface area contributed by atoms with E-state index in [0.29, 0.717) is 12.5 Å². The highest BCUT2D eigenvalue weighted by Crippen LogP contribution is 2.13.